The highest BCUT2D eigenvalue weighted by atomic mass is 16.7. The highest BCUT2D eigenvalue weighted by Gasteiger charge is 2.64. The molecule has 4 aliphatic carbocycles. The Balaban J connectivity index is 1.15. The van der Waals surface area contributed by atoms with E-state index in [-0.39, 0.29) is 60.3 Å². The summed E-state index contributed by atoms with van der Waals surface area (Å²) < 4.78 is 36.7. The van der Waals surface area contributed by atoms with Gasteiger partial charge in [0.25, 0.3) is 0 Å². The molecular weight excluding hydrogens is 801 g/mol. The van der Waals surface area contributed by atoms with E-state index in [1.54, 1.807) is 12.1 Å². The van der Waals surface area contributed by atoms with Crippen LogP contribution >= 0.6 is 0 Å². The molecule has 0 bridgehead atoms. The number of aliphatic hydroxyl groups excluding tert-OH is 5. The Morgan fingerprint density at radius 2 is 1.60 bits per heavy atom. The van der Waals surface area contributed by atoms with Crippen molar-refractivity contribution in [2.24, 2.45) is 46.3 Å². The van der Waals surface area contributed by atoms with Gasteiger partial charge in [-0.3, -0.25) is 9.59 Å². The maximum absolute atomic E-state index is 14.1. The van der Waals surface area contributed by atoms with Crippen LogP contribution in [0.3, 0.4) is 0 Å². The average Bonchev–Trinajstić information content (AvgIpc) is 3.55. The number of allylic oxidation sites excluding steroid dienone is 1. The summed E-state index contributed by atoms with van der Waals surface area (Å²) in [6.07, 6.45) is -0.482. The van der Waals surface area contributed by atoms with E-state index in [1.165, 1.54) is 24.6 Å². The zero-order valence-electron chi connectivity index (χ0n) is 36.8. The Labute approximate surface area is 364 Å². The molecule has 5 fully saturated rings. The molecule has 344 valence electrons. The quantitative estimate of drug-likeness (QED) is 0.101. The van der Waals surface area contributed by atoms with Gasteiger partial charge in [-0.25, -0.2) is 4.79 Å². The predicted molar refractivity (Wildman–Crippen MR) is 224 cm³/mol. The summed E-state index contributed by atoms with van der Waals surface area (Å²) in [5.41, 5.74) is 1.79. The molecule has 1 aromatic rings. The van der Waals surface area contributed by atoms with Gasteiger partial charge < -0.3 is 54.0 Å². The van der Waals surface area contributed by atoms with Gasteiger partial charge >= 0.3 is 11.9 Å². The molecule has 0 unspecified atom stereocenters. The van der Waals surface area contributed by atoms with Crippen LogP contribution in [0.25, 0.3) is 6.08 Å². The molecular formula is C48H68O14. The van der Waals surface area contributed by atoms with Crippen LogP contribution < -0.4 is 0 Å². The summed E-state index contributed by atoms with van der Waals surface area (Å²) in [5.74, 6) is -1.18. The standard InChI is InChI=1S/C48H68O14/c1-26(23-49)11-15-35(52)27(2)40-38(22-34-32-14-13-30-21-31(51)17-19-47(30,4)33(32)18-20-48(34,40)5)60-46-44(59-28(3)50)42(37(54)25-58-46)62-45-43(41(56)36(53)24-57-45)61-39(55)16-12-29-9-7-6-8-10-29/h6-10,12-13,16,26-27,31-34,36-38,40-46,49,51,53-54,56H,11,14-15,17-25H2,1-5H3/b16-12+/t26-,27-,31+,32-,33+,34+,36-,37+,38+,40+,41+,42+,43-,44-,45+,46+,47+,48+/m1/s1. The predicted octanol–water partition coefficient (Wildman–Crippen LogP) is 4.27. The van der Waals surface area contributed by atoms with Crippen LogP contribution in [-0.4, -0.2) is 124 Å². The molecule has 2 aliphatic heterocycles. The molecule has 0 radical (unpaired) electrons. The number of ketones is 1. The van der Waals surface area contributed by atoms with Crippen molar-refractivity contribution >= 4 is 23.8 Å². The lowest BCUT2D eigenvalue weighted by molar-refractivity contribution is -0.341. The van der Waals surface area contributed by atoms with Crippen molar-refractivity contribution in [2.75, 3.05) is 19.8 Å². The third kappa shape index (κ3) is 9.65. The first-order valence-electron chi connectivity index (χ1n) is 22.7. The molecule has 0 aromatic heterocycles. The summed E-state index contributed by atoms with van der Waals surface area (Å²) in [6, 6.07) is 9.04. The molecule has 2 saturated heterocycles. The monoisotopic (exact) mass is 868 g/mol. The van der Waals surface area contributed by atoms with Gasteiger partial charge in [-0.2, -0.15) is 0 Å². The molecule has 6 aliphatic rings. The Kier molecular flexibility index (Phi) is 14.8. The molecule has 3 saturated carbocycles. The van der Waals surface area contributed by atoms with Crippen LogP contribution in [0.2, 0.25) is 0 Å². The summed E-state index contributed by atoms with van der Waals surface area (Å²) in [4.78, 5) is 39.9. The van der Waals surface area contributed by atoms with E-state index >= 15 is 0 Å². The van der Waals surface area contributed by atoms with E-state index in [2.05, 4.69) is 19.9 Å². The highest BCUT2D eigenvalue weighted by Crippen LogP contribution is 2.68. The minimum absolute atomic E-state index is 0.00342. The number of benzene rings is 1. The van der Waals surface area contributed by atoms with Crippen molar-refractivity contribution in [1.29, 1.82) is 0 Å². The van der Waals surface area contributed by atoms with Crippen molar-refractivity contribution in [3.05, 3.63) is 53.6 Å². The number of aliphatic hydroxyl groups is 5. The Morgan fingerprint density at radius 3 is 2.31 bits per heavy atom. The van der Waals surface area contributed by atoms with Crippen molar-refractivity contribution < 1.29 is 68.3 Å². The molecule has 62 heavy (non-hydrogen) atoms. The lowest BCUT2D eigenvalue weighted by atomic mass is 9.47. The van der Waals surface area contributed by atoms with Crippen LogP contribution in [-0.2, 0) is 42.8 Å². The van der Waals surface area contributed by atoms with Crippen LogP contribution in [0.5, 0.6) is 0 Å². The van der Waals surface area contributed by atoms with Gasteiger partial charge in [0.05, 0.1) is 25.4 Å². The summed E-state index contributed by atoms with van der Waals surface area (Å²) >= 11 is 0. The van der Waals surface area contributed by atoms with Gasteiger partial charge in [-0.1, -0.05) is 69.7 Å². The molecule has 18 atom stereocenters. The largest absolute Gasteiger partial charge is 0.454 e. The zero-order chi connectivity index (χ0) is 44.5. The number of hydrogen-bond acceptors (Lipinski definition) is 14. The smallest absolute Gasteiger partial charge is 0.331 e. The maximum Gasteiger partial charge on any atom is 0.331 e. The van der Waals surface area contributed by atoms with Crippen LogP contribution in [0, 0.1) is 46.3 Å². The lowest BCUT2D eigenvalue weighted by Gasteiger charge is -2.58. The fourth-order valence-electron chi connectivity index (χ4n) is 12.2. The second-order valence-corrected chi connectivity index (χ2v) is 19.6. The topological polar surface area (TPSA) is 208 Å². The number of carbonyl (C=O) groups excluding carboxylic acids is 3. The van der Waals surface area contributed by atoms with Crippen LogP contribution in [0.4, 0.5) is 0 Å². The first-order valence-corrected chi connectivity index (χ1v) is 22.7. The molecule has 14 heteroatoms. The Hall–Kier alpha value is -3.05. The minimum atomic E-state index is -1.61. The van der Waals surface area contributed by atoms with E-state index < -0.39 is 73.2 Å². The molecule has 0 spiro atoms. The van der Waals surface area contributed by atoms with Gasteiger partial charge in [0.1, 0.15) is 30.2 Å². The first-order chi connectivity index (χ1) is 29.5. The van der Waals surface area contributed by atoms with Crippen molar-refractivity contribution in [2.45, 2.75) is 154 Å². The third-order valence-corrected chi connectivity index (χ3v) is 15.6. The molecule has 7 rings (SSSR count). The average molecular weight is 869 g/mol. The summed E-state index contributed by atoms with van der Waals surface area (Å²) in [7, 11) is 0. The Bertz CT molecular complexity index is 1780. The van der Waals surface area contributed by atoms with Crippen molar-refractivity contribution in [3.8, 4) is 0 Å². The fourth-order valence-corrected chi connectivity index (χ4v) is 12.2. The number of esters is 2. The van der Waals surface area contributed by atoms with E-state index in [4.69, 9.17) is 28.4 Å². The third-order valence-electron chi connectivity index (χ3n) is 15.6. The van der Waals surface area contributed by atoms with Gasteiger partial charge in [0, 0.05) is 37.9 Å². The number of carbonyl (C=O) groups is 3. The summed E-state index contributed by atoms with van der Waals surface area (Å²) in [5, 5.41) is 53.3. The number of Topliss-reactive ketones (excluding diaryl/α,β-unsaturated/α-hetero) is 1. The normalized spacial score (nSPS) is 41.5. The van der Waals surface area contributed by atoms with E-state index in [0.717, 1.165) is 37.7 Å². The van der Waals surface area contributed by atoms with Gasteiger partial charge in [-0.15, -0.1) is 0 Å². The fraction of sp³-hybridized carbons (Fsp3) is 0.729. The molecule has 0 amide bonds. The highest BCUT2D eigenvalue weighted by molar-refractivity contribution is 5.87. The maximum atomic E-state index is 14.1. The molecule has 1 aromatic carbocycles. The summed E-state index contributed by atoms with van der Waals surface area (Å²) in [6.45, 7) is 9.12. The van der Waals surface area contributed by atoms with Crippen LogP contribution in [0.1, 0.15) is 98.0 Å². The van der Waals surface area contributed by atoms with Gasteiger partial charge in [-0.05, 0) is 97.5 Å². The molecule has 5 N–H and O–H groups in total. The van der Waals surface area contributed by atoms with Crippen molar-refractivity contribution in [1.82, 2.24) is 0 Å². The van der Waals surface area contributed by atoms with Gasteiger partial charge in [0.15, 0.2) is 24.8 Å². The first kappa shape index (κ1) is 46.9. The van der Waals surface area contributed by atoms with E-state index in [0.29, 0.717) is 37.5 Å². The second-order valence-electron chi connectivity index (χ2n) is 19.6. The van der Waals surface area contributed by atoms with Crippen molar-refractivity contribution in [3.63, 3.8) is 0 Å². The van der Waals surface area contributed by atoms with Gasteiger partial charge in [0.2, 0.25) is 0 Å². The number of ether oxygens (including phenoxy) is 6. The Morgan fingerprint density at radius 1 is 0.887 bits per heavy atom. The molecule has 2 heterocycles. The zero-order valence-corrected chi connectivity index (χ0v) is 36.8. The number of hydrogen-bond donors (Lipinski definition) is 5. The molecule has 14 nitrogen and oxygen atoms in total. The second kappa shape index (κ2) is 19.6. The minimum Gasteiger partial charge on any atom is -0.454 e. The number of rotatable bonds is 14. The SMILES string of the molecule is CC(=O)O[C@H]1[C@H](O[C@H]2C[C@H]3[C@@H]4CC=C5C[C@@H](O)CC[C@]5(C)[C@H]4CC[C@]3(C)[C@H]2[C@H](C)C(=O)CC[C@@H](C)CO)OC[C@H](O)[C@@H]1O[C@@H]1OC[C@@H](O)[C@H](O)[C@H]1OC(=O)/C=C/c1ccccc1. The van der Waals surface area contributed by atoms with E-state index in [9.17, 15) is 39.9 Å². The number of fused-ring (bicyclic) bond motifs is 5. The van der Waals surface area contributed by atoms with Crippen LogP contribution in [0.15, 0.2) is 48.1 Å². The van der Waals surface area contributed by atoms with E-state index in [1.807, 2.05) is 32.0 Å². The lowest BCUT2D eigenvalue weighted by Crippen LogP contribution is -2.62.